The highest BCUT2D eigenvalue weighted by Crippen LogP contribution is 2.16. The van der Waals surface area contributed by atoms with Gasteiger partial charge in [-0.05, 0) is 36.9 Å². The fourth-order valence-electron chi connectivity index (χ4n) is 1.45. The summed E-state index contributed by atoms with van der Waals surface area (Å²) in [6.45, 7) is 0.709. The van der Waals surface area contributed by atoms with Gasteiger partial charge in [0.2, 0.25) is 5.78 Å². The van der Waals surface area contributed by atoms with E-state index >= 15 is 0 Å². The van der Waals surface area contributed by atoms with Gasteiger partial charge in [0, 0.05) is 12.0 Å². The van der Waals surface area contributed by atoms with Crippen molar-refractivity contribution >= 4 is 17.3 Å². The lowest BCUT2D eigenvalue weighted by atomic mass is 10.0. The first kappa shape index (κ1) is 8.84. The first-order valence-electron chi connectivity index (χ1n) is 4.44. The summed E-state index contributed by atoms with van der Waals surface area (Å²) in [5.74, 6) is 0.0425. The standard InChI is InChI=1S/C9H11NO2S/c11-9(7-4-6-13-10-7)8-3-1-2-5-12-8/h4,6,8H,1-3,5H2. The second kappa shape index (κ2) is 3.98. The Labute approximate surface area is 80.9 Å². The molecule has 0 aromatic carbocycles. The zero-order valence-corrected chi connectivity index (χ0v) is 8.05. The van der Waals surface area contributed by atoms with Crippen molar-refractivity contribution in [1.82, 2.24) is 4.37 Å². The number of ketones is 1. The van der Waals surface area contributed by atoms with E-state index < -0.39 is 0 Å². The van der Waals surface area contributed by atoms with Crippen molar-refractivity contribution in [3.63, 3.8) is 0 Å². The summed E-state index contributed by atoms with van der Waals surface area (Å²) >= 11 is 1.31. The molecular weight excluding hydrogens is 186 g/mol. The molecule has 0 N–H and O–H groups in total. The predicted octanol–water partition coefficient (Wildman–Crippen LogP) is 1.89. The van der Waals surface area contributed by atoms with Crippen LogP contribution in [0, 0.1) is 0 Å². The topological polar surface area (TPSA) is 39.2 Å². The maximum atomic E-state index is 11.7. The van der Waals surface area contributed by atoms with Crippen LogP contribution >= 0.6 is 11.5 Å². The molecule has 1 aromatic rings. The molecule has 13 heavy (non-hydrogen) atoms. The maximum absolute atomic E-state index is 11.7. The monoisotopic (exact) mass is 197 g/mol. The summed E-state index contributed by atoms with van der Waals surface area (Å²) in [4.78, 5) is 11.7. The molecule has 4 heteroatoms. The van der Waals surface area contributed by atoms with Gasteiger partial charge in [0.1, 0.15) is 11.8 Å². The summed E-state index contributed by atoms with van der Waals surface area (Å²) < 4.78 is 9.38. The molecule has 2 heterocycles. The van der Waals surface area contributed by atoms with Crippen LogP contribution in [0.1, 0.15) is 29.8 Å². The van der Waals surface area contributed by atoms with E-state index in [4.69, 9.17) is 4.74 Å². The minimum absolute atomic E-state index is 0.0425. The van der Waals surface area contributed by atoms with Gasteiger partial charge in [-0.1, -0.05) is 0 Å². The summed E-state index contributed by atoms with van der Waals surface area (Å²) in [6.07, 6.45) is 2.76. The Bertz CT molecular complexity index is 278. The van der Waals surface area contributed by atoms with E-state index in [9.17, 15) is 4.79 Å². The molecule has 0 saturated carbocycles. The van der Waals surface area contributed by atoms with Gasteiger partial charge in [-0.15, -0.1) is 0 Å². The predicted molar refractivity (Wildman–Crippen MR) is 50.0 cm³/mol. The van der Waals surface area contributed by atoms with Crippen LogP contribution in [0.2, 0.25) is 0 Å². The molecule has 1 atom stereocenters. The Morgan fingerprint density at radius 3 is 3.15 bits per heavy atom. The van der Waals surface area contributed by atoms with Crippen LogP contribution in [0.25, 0.3) is 0 Å². The average Bonchev–Trinajstić information content (AvgIpc) is 2.71. The molecule has 1 aliphatic heterocycles. The number of Topliss-reactive ketones (excluding diaryl/α,β-unsaturated/α-hetero) is 1. The van der Waals surface area contributed by atoms with E-state index in [1.54, 1.807) is 6.07 Å². The van der Waals surface area contributed by atoms with Crippen molar-refractivity contribution in [2.24, 2.45) is 0 Å². The lowest BCUT2D eigenvalue weighted by Gasteiger charge is -2.20. The van der Waals surface area contributed by atoms with Crippen LogP contribution in [-0.2, 0) is 4.74 Å². The number of ether oxygens (including phenoxy) is 1. The van der Waals surface area contributed by atoms with Gasteiger partial charge >= 0.3 is 0 Å². The van der Waals surface area contributed by atoms with Crippen molar-refractivity contribution in [3.8, 4) is 0 Å². The Morgan fingerprint density at radius 2 is 2.54 bits per heavy atom. The molecule has 0 spiro atoms. The number of rotatable bonds is 2. The van der Waals surface area contributed by atoms with Crippen LogP contribution in [0.5, 0.6) is 0 Å². The highest BCUT2D eigenvalue weighted by molar-refractivity contribution is 7.03. The highest BCUT2D eigenvalue weighted by atomic mass is 32.1. The second-order valence-electron chi connectivity index (χ2n) is 3.10. The van der Waals surface area contributed by atoms with E-state index in [-0.39, 0.29) is 11.9 Å². The van der Waals surface area contributed by atoms with Crippen molar-refractivity contribution in [3.05, 3.63) is 17.1 Å². The third-order valence-electron chi connectivity index (χ3n) is 2.16. The van der Waals surface area contributed by atoms with Gasteiger partial charge in [0.05, 0.1) is 0 Å². The quantitative estimate of drug-likeness (QED) is 0.680. The summed E-state index contributed by atoms with van der Waals surface area (Å²) in [5, 5.41) is 1.82. The zero-order chi connectivity index (χ0) is 9.10. The van der Waals surface area contributed by atoms with E-state index in [2.05, 4.69) is 4.37 Å². The third-order valence-corrected chi connectivity index (χ3v) is 2.72. The van der Waals surface area contributed by atoms with Gasteiger partial charge in [0.25, 0.3) is 0 Å². The van der Waals surface area contributed by atoms with Crippen molar-refractivity contribution < 1.29 is 9.53 Å². The Kier molecular flexibility index (Phi) is 2.71. The Hall–Kier alpha value is -0.740. The molecule has 3 nitrogen and oxygen atoms in total. The SMILES string of the molecule is O=C(c1ccsn1)C1CCCCO1. The minimum atomic E-state index is -0.240. The first-order valence-corrected chi connectivity index (χ1v) is 5.28. The average molecular weight is 197 g/mol. The fourth-order valence-corrected chi connectivity index (χ4v) is 1.97. The van der Waals surface area contributed by atoms with Gasteiger partial charge in [-0.2, -0.15) is 4.37 Å². The smallest absolute Gasteiger partial charge is 0.210 e. The largest absolute Gasteiger partial charge is 0.370 e. The normalized spacial score (nSPS) is 22.9. The van der Waals surface area contributed by atoms with Gasteiger partial charge < -0.3 is 4.74 Å². The summed E-state index contributed by atoms with van der Waals surface area (Å²) in [7, 11) is 0. The van der Waals surface area contributed by atoms with E-state index in [0.717, 1.165) is 19.3 Å². The maximum Gasteiger partial charge on any atom is 0.210 e. The molecule has 1 saturated heterocycles. The number of hydrogen-bond donors (Lipinski definition) is 0. The molecular formula is C9H11NO2S. The van der Waals surface area contributed by atoms with Crippen LogP contribution in [-0.4, -0.2) is 22.9 Å². The lowest BCUT2D eigenvalue weighted by molar-refractivity contribution is 0.0184. The van der Waals surface area contributed by atoms with E-state index in [1.165, 1.54) is 11.5 Å². The van der Waals surface area contributed by atoms with Crippen LogP contribution < -0.4 is 0 Å². The summed E-state index contributed by atoms with van der Waals surface area (Å²) in [5.41, 5.74) is 0.553. The van der Waals surface area contributed by atoms with Crippen molar-refractivity contribution in [2.75, 3.05) is 6.61 Å². The molecule has 2 rings (SSSR count). The van der Waals surface area contributed by atoms with Gasteiger partial charge in [-0.3, -0.25) is 4.79 Å². The number of hydrogen-bond acceptors (Lipinski definition) is 4. The molecule has 70 valence electrons. The van der Waals surface area contributed by atoms with E-state index in [1.807, 2.05) is 5.38 Å². The zero-order valence-electron chi connectivity index (χ0n) is 7.23. The molecule has 1 fully saturated rings. The van der Waals surface area contributed by atoms with Crippen molar-refractivity contribution in [1.29, 1.82) is 0 Å². The number of carbonyl (C=O) groups excluding carboxylic acids is 1. The molecule has 1 aliphatic rings. The third kappa shape index (κ3) is 1.95. The molecule has 1 unspecified atom stereocenters. The van der Waals surface area contributed by atoms with Crippen LogP contribution in [0.3, 0.4) is 0 Å². The molecule has 0 radical (unpaired) electrons. The van der Waals surface area contributed by atoms with Gasteiger partial charge in [0.15, 0.2) is 0 Å². The number of aromatic nitrogens is 1. The van der Waals surface area contributed by atoms with Crippen LogP contribution in [0.15, 0.2) is 11.4 Å². The molecule has 0 aliphatic carbocycles. The van der Waals surface area contributed by atoms with Crippen molar-refractivity contribution in [2.45, 2.75) is 25.4 Å². The van der Waals surface area contributed by atoms with Crippen LogP contribution in [0.4, 0.5) is 0 Å². The first-order chi connectivity index (χ1) is 6.38. The second-order valence-corrected chi connectivity index (χ2v) is 3.77. The number of carbonyl (C=O) groups is 1. The lowest BCUT2D eigenvalue weighted by Crippen LogP contribution is -2.28. The summed E-state index contributed by atoms with van der Waals surface area (Å²) in [6, 6.07) is 1.75. The van der Waals surface area contributed by atoms with E-state index in [0.29, 0.717) is 12.3 Å². The molecule has 0 amide bonds. The molecule has 0 bridgehead atoms. The fraction of sp³-hybridized carbons (Fsp3) is 0.556. The highest BCUT2D eigenvalue weighted by Gasteiger charge is 2.24. The Balaban J connectivity index is 2.04. The Morgan fingerprint density at radius 1 is 1.62 bits per heavy atom. The van der Waals surface area contributed by atoms with Gasteiger partial charge in [-0.25, -0.2) is 0 Å². The molecule has 1 aromatic heterocycles. The minimum Gasteiger partial charge on any atom is -0.370 e. The number of nitrogens with zero attached hydrogens (tertiary/aromatic N) is 1.